The molecule has 4 nitrogen and oxygen atoms in total. The first-order chi connectivity index (χ1) is 8.74. The van der Waals surface area contributed by atoms with E-state index in [-0.39, 0.29) is 5.75 Å². The Morgan fingerprint density at radius 1 is 1.33 bits per heavy atom. The van der Waals surface area contributed by atoms with Crippen molar-refractivity contribution in [2.45, 2.75) is 19.6 Å². The summed E-state index contributed by atoms with van der Waals surface area (Å²) in [7, 11) is 0. The summed E-state index contributed by atoms with van der Waals surface area (Å²) in [6.45, 7) is 3.02. The second kappa shape index (κ2) is 4.42. The quantitative estimate of drug-likeness (QED) is 0.879. The summed E-state index contributed by atoms with van der Waals surface area (Å²) in [5.41, 5.74) is 0.620. The Hall–Kier alpha value is -1.88. The van der Waals surface area contributed by atoms with E-state index in [1.807, 2.05) is 6.20 Å². The summed E-state index contributed by atoms with van der Waals surface area (Å²) in [6.07, 6.45) is 3.75. The molecule has 1 aromatic heterocycles. The van der Waals surface area contributed by atoms with Crippen LogP contribution in [0.25, 0.3) is 0 Å². The number of nitrogens with zero attached hydrogens (tertiary/aromatic N) is 3. The zero-order valence-corrected chi connectivity index (χ0v) is 9.88. The van der Waals surface area contributed by atoms with Crippen LogP contribution in [0.3, 0.4) is 0 Å². The molecular formula is C13H14FN3O. The third kappa shape index (κ3) is 1.97. The molecule has 1 aliphatic rings. The Kier molecular flexibility index (Phi) is 2.76. The number of imidazole rings is 1. The summed E-state index contributed by atoms with van der Waals surface area (Å²) >= 11 is 0. The molecule has 0 amide bonds. The summed E-state index contributed by atoms with van der Waals surface area (Å²) in [4.78, 5) is 6.42. The first-order valence-corrected chi connectivity index (χ1v) is 5.93. The number of aromatic nitrogens is 2. The highest BCUT2D eigenvalue weighted by atomic mass is 19.1. The number of para-hydroxylation sites is 1. The van der Waals surface area contributed by atoms with Gasteiger partial charge in [0.15, 0.2) is 11.6 Å². The van der Waals surface area contributed by atoms with Gasteiger partial charge in [-0.15, -0.1) is 0 Å². The number of benzene rings is 1. The molecular weight excluding hydrogens is 233 g/mol. The molecule has 0 unspecified atom stereocenters. The Labute approximate surface area is 104 Å². The van der Waals surface area contributed by atoms with E-state index in [1.54, 1.807) is 18.3 Å². The number of fused-ring (bicyclic) bond motifs is 1. The number of halogens is 1. The number of aromatic hydroxyl groups is 1. The van der Waals surface area contributed by atoms with Gasteiger partial charge in [0.1, 0.15) is 5.82 Å². The molecule has 0 saturated heterocycles. The van der Waals surface area contributed by atoms with E-state index in [0.29, 0.717) is 12.1 Å². The van der Waals surface area contributed by atoms with Crippen LogP contribution in [0.1, 0.15) is 11.4 Å². The van der Waals surface area contributed by atoms with E-state index >= 15 is 0 Å². The molecule has 94 valence electrons. The molecule has 1 aromatic carbocycles. The summed E-state index contributed by atoms with van der Waals surface area (Å²) in [6, 6.07) is 4.64. The number of hydrogen-bond donors (Lipinski definition) is 1. The van der Waals surface area contributed by atoms with Gasteiger partial charge in [-0.25, -0.2) is 9.37 Å². The second-order valence-corrected chi connectivity index (χ2v) is 4.50. The molecule has 2 aromatic rings. The fourth-order valence-corrected chi connectivity index (χ4v) is 2.29. The average Bonchev–Trinajstić information content (AvgIpc) is 2.82. The fraction of sp³-hybridized carbons (Fsp3) is 0.308. The van der Waals surface area contributed by atoms with Crippen LogP contribution < -0.4 is 0 Å². The van der Waals surface area contributed by atoms with Crippen molar-refractivity contribution >= 4 is 0 Å². The highest BCUT2D eigenvalue weighted by Crippen LogP contribution is 2.23. The minimum absolute atomic E-state index is 0.244. The third-order valence-corrected chi connectivity index (χ3v) is 3.29. The van der Waals surface area contributed by atoms with Crippen LogP contribution in [0.15, 0.2) is 30.6 Å². The van der Waals surface area contributed by atoms with Crippen molar-refractivity contribution in [1.29, 1.82) is 0 Å². The normalized spacial score (nSPS) is 15.6. The van der Waals surface area contributed by atoms with Gasteiger partial charge in [-0.2, -0.15) is 0 Å². The molecule has 0 saturated carbocycles. The maximum absolute atomic E-state index is 13.2. The Morgan fingerprint density at radius 3 is 3.11 bits per heavy atom. The van der Waals surface area contributed by atoms with Crippen LogP contribution in [0.2, 0.25) is 0 Å². The fourth-order valence-electron chi connectivity index (χ4n) is 2.29. The molecule has 5 heteroatoms. The summed E-state index contributed by atoms with van der Waals surface area (Å²) in [5.74, 6) is 0.203. The van der Waals surface area contributed by atoms with Gasteiger partial charge in [0.05, 0.1) is 6.54 Å². The molecule has 3 rings (SSSR count). The largest absolute Gasteiger partial charge is 0.505 e. The first kappa shape index (κ1) is 11.2. The van der Waals surface area contributed by atoms with Crippen molar-refractivity contribution < 1.29 is 9.50 Å². The highest BCUT2D eigenvalue weighted by Gasteiger charge is 2.18. The van der Waals surface area contributed by atoms with Crippen LogP contribution in [-0.2, 0) is 19.6 Å². The standard InChI is InChI=1S/C13H14FN3O/c14-11-3-1-2-10(13(11)18)8-16-6-7-17-5-4-15-12(17)9-16/h1-5,18H,6-9H2. The maximum atomic E-state index is 13.2. The topological polar surface area (TPSA) is 41.3 Å². The lowest BCUT2D eigenvalue weighted by Gasteiger charge is -2.27. The third-order valence-electron chi connectivity index (χ3n) is 3.29. The van der Waals surface area contributed by atoms with Crippen LogP contribution >= 0.6 is 0 Å². The van der Waals surface area contributed by atoms with Crippen molar-refractivity contribution in [2.75, 3.05) is 6.54 Å². The minimum Gasteiger partial charge on any atom is -0.505 e. The lowest BCUT2D eigenvalue weighted by atomic mass is 10.1. The highest BCUT2D eigenvalue weighted by molar-refractivity contribution is 5.33. The van der Waals surface area contributed by atoms with Crippen molar-refractivity contribution in [3.8, 4) is 5.75 Å². The maximum Gasteiger partial charge on any atom is 0.165 e. The van der Waals surface area contributed by atoms with Gasteiger partial charge in [0, 0.05) is 37.6 Å². The zero-order chi connectivity index (χ0) is 12.5. The number of phenolic OH excluding ortho intramolecular Hbond substituents is 1. The molecule has 0 bridgehead atoms. The number of rotatable bonds is 2. The van der Waals surface area contributed by atoms with Crippen LogP contribution in [0, 0.1) is 5.82 Å². The number of phenols is 1. The molecule has 1 N–H and O–H groups in total. The van der Waals surface area contributed by atoms with E-state index in [2.05, 4.69) is 14.5 Å². The molecule has 2 heterocycles. The summed E-state index contributed by atoms with van der Waals surface area (Å²) in [5, 5.41) is 9.66. The Bertz CT molecular complexity index is 567. The molecule has 0 aliphatic carbocycles. The van der Waals surface area contributed by atoms with E-state index in [9.17, 15) is 9.50 Å². The SMILES string of the molecule is Oc1c(F)cccc1CN1CCn2ccnc2C1. The predicted octanol–water partition coefficient (Wildman–Crippen LogP) is 1.74. The van der Waals surface area contributed by atoms with Crippen LogP contribution in [-0.4, -0.2) is 26.1 Å². The zero-order valence-electron chi connectivity index (χ0n) is 9.88. The predicted molar refractivity (Wildman–Crippen MR) is 64.4 cm³/mol. The Balaban J connectivity index is 1.77. The lowest BCUT2D eigenvalue weighted by Crippen LogP contribution is -2.33. The molecule has 0 radical (unpaired) electrons. The van der Waals surface area contributed by atoms with Crippen molar-refractivity contribution in [3.63, 3.8) is 0 Å². The van der Waals surface area contributed by atoms with Gasteiger partial charge in [0.2, 0.25) is 0 Å². The van der Waals surface area contributed by atoms with Gasteiger partial charge in [0.25, 0.3) is 0 Å². The lowest BCUT2D eigenvalue weighted by molar-refractivity contribution is 0.206. The van der Waals surface area contributed by atoms with Crippen LogP contribution in [0.5, 0.6) is 5.75 Å². The van der Waals surface area contributed by atoms with Crippen molar-refractivity contribution in [1.82, 2.24) is 14.5 Å². The van der Waals surface area contributed by atoms with Crippen LogP contribution in [0.4, 0.5) is 4.39 Å². The summed E-state index contributed by atoms with van der Waals surface area (Å²) < 4.78 is 15.4. The smallest absolute Gasteiger partial charge is 0.165 e. The molecule has 0 spiro atoms. The van der Waals surface area contributed by atoms with Crippen molar-refractivity contribution in [3.05, 3.63) is 47.8 Å². The van der Waals surface area contributed by atoms with Gasteiger partial charge in [-0.1, -0.05) is 12.1 Å². The Morgan fingerprint density at radius 2 is 2.22 bits per heavy atom. The van der Waals surface area contributed by atoms with E-state index in [1.165, 1.54) is 6.07 Å². The van der Waals surface area contributed by atoms with E-state index < -0.39 is 5.82 Å². The minimum atomic E-state index is -0.564. The van der Waals surface area contributed by atoms with Crippen molar-refractivity contribution in [2.24, 2.45) is 0 Å². The average molecular weight is 247 g/mol. The van der Waals surface area contributed by atoms with E-state index in [4.69, 9.17) is 0 Å². The van der Waals surface area contributed by atoms with Gasteiger partial charge < -0.3 is 9.67 Å². The van der Waals surface area contributed by atoms with Gasteiger partial charge in [-0.3, -0.25) is 4.90 Å². The molecule has 1 aliphatic heterocycles. The van der Waals surface area contributed by atoms with Gasteiger partial charge >= 0.3 is 0 Å². The molecule has 18 heavy (non-hydrogen) atoms. The first-order valence-electron chi connectivity index (χ1n) is 5.93. The number of hydrogen-bond acceptors (Lipinski definition) is 3. The monoisotopic (exact) mass is 247 g/mol. The molecule has 0 fully saturated rings. The molecule has 0 atom stereocenters. The van der Waals surface area contributed by atoms with Gasteiger partial charge in [-0.05, 0) is 6.07 Å². The van der Waals surface area contributed by atoms with E-state index in [0.717, 1.165) is 25.5 Å². The second-order valence-electron chi connectivity index (χ2n) is 4.50.